The van der Waals surface area contributed by atoms with Crippen LogP contribution in [0.2, 0.25) is 0 Å². The average molecular weight is 267 g/mol. The molecule has 1 aliphatic rings. The number of likely N-dealkylation sites (tertiary alicyclic amines) is 1. The zero-order valence-electron chi connectivity index (χ0n) is 12.7. The fourth-order valence-corrected chi connectivity index (χ4v) is 2.72. The first-order valence-electron chi connectivity index (χ1n) is 7.38. The molecule has 19 heavy (non-hydrogen) atoms. The number of piperidine rings is 1. The number of nitrogens with one attached hydrogen (secondary N) is 1. The molecule has 4 nitrogen and oxygen atoms in total. The lowest BCUT2D eigenvalue weighted by molar-refractivity contribution is 0.137. The summed E-state index contributed by atoms with van der Waals surface area (Å²) in [6.07, 6.45) is 3.10. The molecule has 0 aromatic rings. The minimum atomic E-state index is 0.273. The Hall–Kier alpha value is -0.630. The molecule has 0 amide bonds. The van der Waals surface area contributed by atoms with E-state index in [1.807, 2.05) is 0 Å². The Balaban J connectivity index is 2.47. The maximum atomic E-state index is 8.96. The number of nitrogens with zero attached hydrogens (tertiary/aromatic N) is 2. The van der Waals surface area contributed by atoms with E-state index >= 15 is 0 Å². The molecule has 1 heterocycles. The molecule has 0 spiro atoms. The van der Waals surface area contributed by atoms with Crippen LogP contribution < -0.4 is 5.32 Å². The van der Waals surface area contributed by atoms with Gasteiger partial charge in [-0.25, -0.2) is 0 Å². The molecule has 2 unspecified atom stereocenters. The third kappa shape index (κ3) is 6.91. The van der Waals surface area contributed by atoms with Gasteiger partial charge in [-0.05, 0) is 30.6 Å². The van der Waals surface area contributed by atoms with Gasteiger partial charge in [-0.1, -0.05) is 20.8 Å². The van der Waals surface area contributed by atoms with Gasteiger partial charge in [0.2, 0.25) is 0 Å². The van der Waals surface area contributed by atoms with Gasteiger partial charge in [-0.15, -0.1) is 0 Å². The minimum Gasteiger partial charge on any atom is -0.396 e. The Kier molecular flexibility index (Phi) is 6.78. The van der Waals surface area contributed by atoms with Crippen LogP contribution in [0.25, 0.3) is 0 Å². The SMILES string of the molecule is CC(C)(C)CNC1CC(CCCO)CN(CC#N)C1. The van der Waals surface area contributed by atoms with Gasteiger partial charge in [-0.3, -0.25) is 4.90 Å². The minimum absolute atomic E-state index is 0.273. The molecule has 0 aromatic heterocycles. The van der Waals surface area contributed by atoms with E-state index in [2.05, 4.69) is 37.1 Å². The van der Waals surface area contributed by atoms with Crippen molar-refractivity contribution in [3.8, 4) is 6.07 Å². The Labute approximate surface area is 117 Å². The van der Waals surface area contributed by atoms with Crippen LogP contribution >= 0.6 is 0 Å². The summed E-state index contributed by atoms with van der Waals surface area (Å²) in [5, 5.41) is 21.5. The van der Waals surface area contributed by atoms with Crippen LogP contribution in [0, 0.1) is 22.7 Å². The average Bonchev–Trinajstić information content (AvgIpc) is 2.33. The topological polar surface area (TPSA) is 59.3 Å². The summed E-state index contributed by atoms with van der Waals surface area (Å²) in [4.78, 5) is 2.24. The highest BCUT2D eigenvalue weighted by Gasteiger charge is 2.27. The molecule has 0 saturated carbocycles. The summed E-state index contributed by atoms with van der Waals surface area (Å²) in [6.45, 7) is 10.5. The van der Waals surface area contributed by atoms with Crippen molar-refractivity contribution in [2.24, 2.45) is 11.3 Å². The monoisotopic (exact) mass is 267 g/mol. The van der Waals surface area contributed by atoms with Gasteiger partial charge in [0, 0.05) is 32.3 Å². The second-order valence-corrected chi connectivity index (χ2v) is 6.96. The summed E-state index contributed by atoms with van der Waals surface area (Å²) in [5.74, 6) is 0.603. The fraction of sp³-hybridized carbons (Fsp3) is 0.933. The largest absolute Gasteiger partial charge is 0.396 e. The lowest BCUT2D eigenvalue weighted by atomic mass is 9.89. The van der Waals surface area contributed by atoms with Crippen LogP contribution in [0.15, 0.2) is 0 Å². The number of hydrogen-bond acceptors (Lipinski definition) is 4. The Morgan fingerprint density at radius 3 is 2.68 bits per heavy atom. The van der Waals surface area contributed by atoms with Crippen molar-refractivity contribution >= 4 is 0 Å². The van der Waals surface area contributed by atoms with Crippen molar-refractivity contribution < 1.29 is 5.11 Å². The van der Waals surface area contributed by atoms with Crippen LogP contribution in [0.1, 0.15) is 40.0 Å². The van der Waals surface area contributed by atoms with E-state index in [1.54, 1.807) is 0 Å². The first kappa shape index (κ1) is 16.4. The molecule has 1 aliphatic heterocycles. The molecule has 2 atom stereocenters. The molecular formula is C15H29N3O. The van der Waals surface area contributed by atoms with Crippen LogP contribution in [0.5, 0.6) is 0 Å². The van der Waals surface area contributed by atoms with Crippen molar-refractivity contribution in [1.29, 1.82) is 5.26 Å². The van der Waals surface area contributed by atoms with Crippen LogP contribution in [-0.4, -0.2) is 48.8 Å². The predicted molar refractivity (Wildman–Crippen MR) is 77.7 cm³/mol. The van der Waals surface area contributed by atoms with Crippen LogP contribution in [0.4, 0.5) is 0 Å². The van der Waals surface area contributed by atoms with Gasteiger partial charge in [0.25, 0.3) is 0 Å². The third-order valence-corrected chi connectivity index (χ3v) is 3.60. The molecule has 2 N–H and O–H groups in total. The predicted octanol–water partition coefficient (Wildman–Crippen LogP) is 1.61. The molecular weight excluding hydrogens is 238 g/mol. The van der Waals surface area contributed by atoms with Crippen molar-refractivity contribution in [2.45, 2.75) is 46.1 Å². The lowest BCUT2D eigenvalue weighted by Crippen LogP contribution is -2.50. The molecule has 0 aliphatic carbocycles. The third-order valence-electron chi connectivity index (χ3n) is 3.60. The van der Waals surface area contributed by atoms with Gasteiger partial charge in [0.15, 0.2) is 0 Å². The first-order chi connectivity index (χ1) is 8.94. The highest BCUT2D eigenvalue weighted by atomic mass is 16.2. The van der Waals surface area contributed by atoms with Gasteiger partial charge < -0.3 is 10.4 Å². The van der Waals surface area contributed by atoms with E-state index in [4.69, 9.17) is 10.4 Å². The second-order valence-electron chi connectivity index (χ2n) is 6.96. The van der Waals surface area contributed by atoms with Crippen molar-refractivity contribution in [1.82, 2.24) is 10.2 Å². The Morgan fingerprint density at radius 1 is 1.37 bits per heavy atom. The second kappa shape index (κ2) is 7.84. The summed E-state index contributed by atoms with van der Waals surface area (Å²) in [5.41, 5.74) is 0.290. The number of nitriles is 1. The number of aliphatic hydroxyl groups excluding tert-OH is 1. The van der Waals surface area contributed by atoms with Crippen LogP contribution in [0.3, 0.4) is 0 Å². The van der Waals surface area contributed by atoms with E-state index < -0.39 is 0 Å². The highest BCUT2D eigenvalue weighted by Crippen LogP contribution is 2.22. The highest BCUT2D eigenvalue weighted by molar-refractivity contribution is 4.88. The summed E-state index contributed by atoms with van der Waals surface area (Å²) in [7, 11) is 0. The van der Waals surface area contributed by atoms with Crippen molar-refractivity contribution in [2.75, 3.05) is 32.8 Å². The molecule has 4 heteroatoms. The molecule has 0 bridgehead atoms. The zero-order chi connectivity index (χ0) is 14.3. The van der Waals surface area contributed by atoms with Gasteiger partial charge in [0.05, 0.1) is 12.6 Å². The Bertz CT molecular complexity index is 293. The van der Waals surface area contributed by atoms with E-state index in [0.717, 1.165) is 38.9 Å². The van der Waals surface area contributed by atoms with Crippen molar-refractivity contribution in [3.63, 3.8) is 0 Å². The Morgan fingerprint density at radius 2 is 2.11 bits per heavy atom. The normalized spacial score (nSPS) is 25.2. The lowest BCUT2D eigenvalue weighted by Gasteiger charge is -2.38. The number of rotatable bonds is 6. The van der Waals surface area contributed by atoms with E-state index in [-0.39, 0.29) is 12.0 Å². The number of aliphatic hydroxyl groups is 1. The summed E-state index contributed by atoms with van der Waals surface area (Å²) in [6, 6.07) is 2.73. The standard InChI is InChI=1S/C15H29N3O/c1-15(2,3)12-17-14-9-13(5-4-8-19)10-18(11-14)7-6-16/h13-14,17,19H,4-5,7-12H2,1-3H3. The quantitative estimate of drug-likeness (QED) is 0.718. The van der Waals surface area contributed by atoms with Gasteiger partial charge >= 0.3 is 0 Å². The van der Waals surface area contributed by atoms with E-state index in [9.17, 15) is 0 Å². The smallest absolute Gasteiger partial charge is 0.0866 e. The molecule has 1 rings (SSSR count). The zero-order valence-corrected chi connectivity index (χ0v) is 12.7. The summed E-state index contributed by atoms with van der Waals surface area (Å²) < 4.78 is 0. The molecule has 1 fully saturated rings. The first-order valence-corrected chi connectivity index (χ1v) is 7.38. The maximum absolute atomic E-state index is 8.96. The van der Waals surface area contributed by atoms with E-state index in [1.165, 1.54) is 0 Å². The van der Waals surface area contributed by atoms with Gasteiger partial charge in [0.1, 0.15) is 0 Å². The van der Waals surface area contributed by atoms with Crippen molar-refractivity contribution in [3.05, 3.63) is 0 Å². The molecule has 1 saturated heterocycles. The molecule has 110 valence electrons. The summed E-state index contributed by atoms with van der Waals surface area (Å²) >= 11 is 0. The number of hydrogen-bond donors (Lipinski definition) is 2. The molecule has 0 aromatic carbocycles. The molecule has 0 radical (unpaired) electrons. The van der Waals surface area contributed by atoms with Crippen LogP contribution in [-0.2, 0) is 0 Å². The van der Waals surface area contributed by atoms with E-state index in [0.29, 0.717) is 18.5 Å². The fourth-order valence-electron chi connectivity index (χ4n) is 2.72. The maximum Gasteiger partial charge on any atom is 0.0866 e. The van der Waals surface area contributed by atoms with Gasteiger partial charge in [-0.2, -0.15) is 5.26 Å².